The van der Waals surface area contributed by atoms with E-state index in [9.17, 15) is 10.5 Å². The Morgan fingerprint density at radius 2 is 1.28 bits per heavy atom. The van der Waals surface area contributed by atoms with Crippen LogP contribution >= 0.6 is 0 Å². The van der Waals surface area contributed by atoms with Crippen LogP contribution in [0.2, 0.25) is 0 Å². The molecule has 43 heavy (non-hydrogen) atoms. The number of benzene rings is 4. The molecule has 0 saturated carbocycles. The molecule has 0 amide bonds. The Labute approximate surface area is 250 Å². The second-order valence-corrected chi connectivity index (χ2v) is 10.5. The number of rotatable bonds is 2. The molecule has 0 radical (unpaired) electrons. The van der Waals surface area contributed by atoms with E-state index in [0.717, 1.165) is 45.1 Å². The molecular formula is C38H25N3O2. The number of allylic oxidation sites excluding steroid dienone is 8. The maximum atomic E-state index is 9.36. The molecule has 0 atom stereocenters. The molecule has 0 saturated heterocycles. The Bertz CT molecular complexity index is 2000. The van der Waals surface area contributed by atoms with Gasteiger partial charge in [0.1, 0.15) is 40.7 Å². The molecule has 7 rings (SSSR count). The Morgan fingerprint density at radius 1 is 0.674 bits per heavy atom. The van der Waals surface area contributed by atoms with Gasteiger partial charge in [-0.25, -0.2) is 0 Å². The summed E-state index contributed by atoms with van der Waals surface area (Å²) in [6.07, 6.45) is 7.12. The van der Waals surface area contributed by atoms with Crippen LogP contribution in [0.4, 0.5) is 17.1 Å². The van der Waals surface area contributed by atoms with E-state index in [1.54, 1.807) is 25.2 Å². The van der Waals surface area contributed by atoms with E-state index in [1.807, 2.05) is 18.2 Å². The zero-order valence-electron chi connectivity index (χ0n) is 23.6. The number of nitriles is 2. The fourth-order valence-corrected chi connectivity index (χ4v) is 5.90. The van der Waals surface area contributed by atoms with Gasteiger partial charge < -0.3 is 14.4 Å². The first-order valence-corrected chi connectivity index (χ1v) is 14.0. The van der Waals surface area contributed by atoms with Crippen LogP contribution in [-0.4, -0.2) is 0 Å². The minimum absolute atomic E-state index is 0.0324. The molecule has 3 aliphatic rings. The normalized spacial score (nSPS) is 15.4. The van der Waals surface area contributed by atoms with Gasteiger partial charge in [-0.1, -0.05) is 60.7 Å². The highest BCUT2D eigenvalue weighted by atomic mass is 16.5. The zero-order chi connectivity index (χ0) is 29.5. The first-order valence-electron chi connectivity index (χ1n) is 14.0. The van der Waals surface area contributed by atoms with Crippen molar-refractivity contribution in [2.45, 2.75) is 13.8 Å². The van der Waals surface area contributed by atoms with Gasteiger partial charge in [-0.05, 0) is 73.0 Å². The van der Waals surface area contributed by atoms with Crippen molar-refractivity contribution in [3.05, 3.63) is 149 Å². The lowest BCUT2D eigenvalue weighted by atomic mass is 9.95. The summed E-state index contributed by atoms with van der Waals surface area (Å²) in [6.45, 7) is 3.84. The molecule has 3 aliphatic heterocycles. The van der Waals surface area contributed by atoms with Crippen molar-refractivity contribution in [1.82, 2.24) is 0 Å². The first-order chi connectivity index (χ1) is 21.0. The van der Waals surface area contributed by atoms with Gasteiger partial charge in [-0.15, -0.1) is 0 Å². The zero-order valence-corrected chi connectivity index (χ0v) is 23.6. The van der Waals surface area contributed by atoms with E-state index >= 15 is 0 Å². The average molecular weight is 556 g/mol. The Kier molecular flexibility index (Phi) is 6.27. The lowest BCUT2D eigenvalue weighted by Gasteiger charge is -2.29. The Balaban J connectivity index is 1.34. The summed E-state index contributed by atoms with van der Waals surface area (Å²) in [4.78, 5) is 2.30. The van der Waals surface area contributed by atoms with Crippen molar-refractivity contribution in [1.29, 1.82) is 10.5 Å². The van der Waals surface area contributed by atoms with Crippen molar-refractivity contribution >= 4 is 22.6 Å². The standard InChI is InChI=1S/C38H25N3O2/c1-24-17-29(21-30-19-26(18-25(2)42-30)27(22-39)23-40)43-38-20-28(15-16-31(24)38)41-36-13-7-5-11-34(36)32-9-3-4-10-33(32)35-12-6-8-14-37(35)41/h3-21H,1-2H3/b29-21+. The van der Waals surface area contributed by atoms with Gasteiger partial charge in [0.15, 0.2) is 0 Å². The van der Waals surface area contributed by atoms with Crippen molar-refractivity contribution in [3.8, 4) is 40.1 Å². The monoisotopic (exact) mass is 555 g/mol. The molecule has 0 aliphatic carbocycles. The fraction of sp³-hybridized carbons (Fsp3) is 0.0526. The van der Waals surface area contributed by atoms with Gasteiger partial charge in [-0.3, -0.25) is 0 Å². The van der Waals surface area contributed by atoms with Crippen molar-refractivity contribution < 1.29 is 9.47 Å². The molecule has 0 unspecified atom stereocenters. The number of ether oxygens (including phenoxy) is 2. The van der Waals surface area contributed by atoms with Crippen LogP contribution in [0, 0.1) is 22.7 Å². The third-order valence-electron chi connectivity index (χ3n) is 7.76. The molecule has 0 fully saturated rings. The molecule has 0 spiro atoms. The van der Waals surface area contributed by atoms with E-state index < -0.39 is 0 Å². The van der Waals surface area contributed by atoms with Crippen LogP contribution in [0.15, 0.2) is 144 Å². The molecule has 0 N–H and O–H groups in total. The molecule has 5 nitrogen and oxygen atoms in total. The summed E-state index contributed by atoms with van der Waals surface area (Å²) in [7, 11) is 0. The molecule has 204 valence electrons. The van der Waals surface area contributed by atoms with Gasteiger partial charge in [0, 0.05) is 40.1 Å². The van der Waals surface area contributed by atoms with Gasteiger partial charge in [0.25, 0.3) is 0 Å². The van der Waals surface area contributed by atoms with Gasteiger partial charge in [0.2, 0.25) is 0 Å². The summed E-state index contributed by atoms with van der Waals surface area (Å²) in [6, 6.07) is 35.8. The van der Waals surface area contributed by atoms with Crippen LogP contribution in [0.25, 0.3) is 27.8 Å². The summed E-state index contributed by atoms with van der Waals surface area (Å²) in [5.74, 6) is 2.41. The number of hydrogen-bond donors (Lipinski definition) is 0. The third-order valence-corrected chi connectivity index (χ3v) is 7.76. The Hall–Kier alpha value is -6.04. The average Bonchev–Trinajstić information content (AvgIpc) is 3.14. The van der Waals surface area contributed by atoms with Crippen LogP contribution in [0.3, 0.4) is 0 Å². The van der Waals surface area contributed by atoms with E-state index in [2.05, 4.69) is 103 Å². The third kappa shape index (κ3) is 4.50. The lowest BCUT2D eigenvalue weighted by Crippen LogP contribution is -2.12. The topological polar surface area (TPSA) is 69.3 Å². The highest BCUT2D eigenvalue weighted by molar-refractivity contribution is 6.02. The van der Waals surface area contributed by atoms with E-state index in [-0.39, 0.29) is 5.57 Å². The van der Waals surface area contributed by atoms with Gasteiger partial charge in [-0.2, -0.15) is 10.5 Å². The van der Waals surface area contributed by atoms with Gasteiger partial charge >= 0.3 is 0 Å². The fourth-order valence-electron chi connectivity index (χ4n) is 5.90. The smallest absolute Gasteiger partial charge is 0.137 e. The predicted octanol–water partition coefficient (Wildman–Crippen LogP) is 9.65. The molecule has 0 aromatic heterocycles. The highest BCUT2D eigenvalue weighted by Gasteiger charge is 2.27. The number of fused-ring (bicyclic) bond motifs is 6. The second kappa shape index (κ2) is 10.4. The maximum absolute atomic E-state index is 9.36. The van der Waals surface area contributed by atoms with E-state index in [1.165, 1.54) is 11.1 Å². The number of anilines is 3. The summed E-state index contributed by atoms with van der Waals surface area (Å²) >= 11 is 0. The van der Waals surface area contributed by atoms with Crippen LogP contribution in [0.1, 0.15) is 19.4 Å². The van der Waals surface area contributed by atoms with Crippen LogP contribution in [-0.2, 0) is 4.74 Å². The van der Waals surface area contributed by atoms with Crippen LogP contribution < -0.4 is 9.64 Å². The molecule has 0 bridgehead atoms. The van der Waals surface area contributed by atoms with E-state index in [0.29, 0.717) is 22.9 Å². The first kappa shape index (κ1) is 25.9. The van der Waals surface area contributed by atoms with Gasteiger partial charge in [0.05, 0.1) is 11.4 Å². The largest absolute Gasteiger partial charge is 0.462 e. The lowest BCUT2D eigenvalue weighted by molar-refractivity contribution is 0.313. The van der Waals surface area contributed by atoms with Crippen molar-refractivity contribution in [2.75, 3.05) is 4.90 Å². The van der Waals surface area contributed by atoms with Crippen molar-refractivity contribution in [2.24, 2.45) is 0 Å². The number of para-hydroxylation sites is 2. The van der Waals surface area contributed by atoms with Crippen molar-refractivity contribution in [3.63, 3.8) is 0 Å². The number of nitrogens with zero attached hydrogens (tertiary/aromatic N) is 3. The molecular weight excluding hydrogens is 530 g/mol. The van der Waals surface area contributed by atoms with E-state index in [4.69, 9.17) is 9.47 Å². The quantitative estimate of drug-likeness (QED) is 0.203. The minimum atomic E-state index is 0.0324. The molecule has 5 heteroatoms. The highest BCUT2D eigenvalue weighted by Crippen LogP contribution is 2.51. The van der Waals surface area contributed by atoms with Crippen LogP contribution in [0.5, 0.6) is 5.75 Å². The second-order valence-electron chi connectivity index (χ2n) is 10.5. The summed E-state index contributed by atoms with van der Waals surface area (Å²) < 4.78 is 12.4. The minimum Gasteiger partial charge on any atom is -0.462 e. The maximum Gasteiger partial charge on any atom is 0.137 e. The molecule has 4 aromatic rings. The summed E-state index contributed by atoms with van der Waals surface area (Å²) in [5.41, 5.74) is 10.5. The predicted molar refractivity (Wildman–Crippen MR) is 169 cm³/mol. The molecule has 4 aromatic carbocycles. The summed E-state index contributed by atoms with van der Waals surface area (Å²) in [5, 5.41) is 18.7. The SMILES string of the molecule is CC1=CC(=C(C#N)C#N)C=C(/C=C2\C=C(C)c3ccc(N4c5ccccc5-c5ccccc5-c5ccccc54)cc3O2)O1. The number of hydrogen-bond acceptors (Lipinski definition) is 5. The Morgan fingerprint density at radius 3 is 1.91 bits per heavy atom. The molecule has 3 heterocycles.